The molecule has 4 aromatic heterocycles. The second kappa shape index (κ2) is 10.8. The maximum absolute atomic E-state index is 6.67. The first-order valence-corrected chi connectivity index (χ1v) is 17.2. The van der Waals surface area contributed by atoms with E-state index in [0.717, 1.165) is 72.3 Å². The zero-order valence-electron chi connectivity index (χ0n) is 29.2. The first kappa shape index (κ1) is 30.2. The average molecular weight is 656 g/mol. The van der Waals surface area contributed by atoms with Crippen LogP contribution >= 0.6 is 0 Å². The molecule has 0 amide bonds. The summed E-state index contributed by atoms with van der Waals surface area (Å²) in [5, 5.41) is 4.44. The number of nitrogens with zero attached hydrogens (tertiary/aromatic N) is 4. The number of hydrogen-bond acceptors (Lipinski definition) is 3. The third-order valence-electron chi connectivity index (χ3n) is 9.77. The number of rotatable bonds is 4. The third-order valence-corrected chi connectivity index (χ3v) is 9.77. The Balaban J connectivity index is 1.23. The normalized spacial score (nSPS) is 12.6. The fourth-order valence-electron chi connectivity index (χ4n) is 7.29. The molecule has 0 unspecified atom stereocenters. The van der Waals surface area contributed by atoms with Gasteiger partial charge in [-0.05, 0) is 98.5 Å². The molecule has 0 bridgehead atoms. The molecular weight excluding hydrogens is 617 g/mol. The SMILES string of the molecule is CC(C)(C)c1ccnc(-n2c3cc(Oc4cccc(-n5c[n+](C(C)(C)C)c6ccccc65)c4)ccc3c3ccc4oc5ccccc5c4c32)c1. The molecule has 6 heteroatoms. The van der Waals surface area contributed by atoms with Crippen LogP contribution in [-0.4, -0.2) is 14.1 Å². The van der Waals surface area contributed by atoms with E-state index < -0.39 is 0 Å². The zero-order chi connectivity index (χ0) is 34.4. The van der Waals surface area contributed by atoms with Crippen molar-refractivity contribution in [3.05, 3.63) is 133 Å². The highest BCUT2D eigenvalue weighted by Gasteiger charge is 2.26. The van der Waals surface area contributed by atoms with Crippen molar-refractivity contribution in [1.29, 1.82) is 0 Å². The van der Waals surface area contributed by atoms with E-state index >= 15 is 0 Å². The molecule has 0 fully saturated rings. The molecule has 0 spiro atoms. The Kier molecular flexibility index (Phi) is 6.53. The number of ether oxygens (including phenoxy) is 1. The number of fused-ring (bicyclic) bond motifs is 8. The standard InChI is InChI=1S/C44H39N4O2/c1-43(2,3)28-22-23-45-40(24-28)48-37-26-31(18-19-32(37)33-20-21-39-41(42(33)48)34-14-7-10-17-38(34)50-39)49-30-13-11-12-29(25-30)46-27-47(44(4,5)6)36-16-9-8-15-35(36)46/h7-27H,1-6H3/q+1. The molecule has 0 aliphatic rings. The lowest BCUT2D eigenvalue weighted by molar-refractivity contribution is -0.731. The minimum atomic E-state index is -0.0671. The van der Waals surface area contributed by atoms with E-state index in [1.807, 2.05) is 24.4 Å². The summed E-state index contributed by atoms with van der Waals surface area (Å²) in [7, 11) is 0. The van der Waals surface area contributed by atoms with E-state index in [-0.39, 0.29) is 11.0 Å². The van der Waals surface area contributed by atoms with Gasteiger partial charge in [0.05, 0.1) is 16.4 Å². The van der Waals surface area contributed by atoms with Gasteiger partial charge in [-0.3, -0.25) is 4.57 Å². The lowest BCUT2D eigenvalue weighted by Gasteiger charge is -2.20. The van der Waals surface area contributed by atoms with Gasteiger partial charge in [-0.25, -0.2) is 9.55 Å². The smallest absolute Gasteiger partial charge is 0.250 e. The van der Waals surface area contributed by atoms with Crippen LogP contribution in [0.5, 0.6) is 11.5 Å². The minimum Gasteiger partial charge on any atom is -0.457 e. The number of benzene rings is 5. The van der Waals surface area contributed by atoms with Gasteiger partial charge in [0.2, 0.25) is 6.33 Å². The number of imidazole rings is 1. The topological polar surface area (TPSA) is 49.0 Å². The molecule has 0 radical (unpaired) electrons. The second-order valence-electron chi connectivity index (χ2n) is 15.2. The first-order valence-electron chi connectivity index (χ1n) is 17.2. The van der Waals surface area contributed by atoms with Crippen LogP contribution in [0.2, 0.25) is 0 Å². The Hall–Kier alpha value is -5.88. The maximum Gasteiger partial charge on any atom is 0.250 e. The minimum absolute atomic E-state index is 0.0371. The second-order valence-corrected chi connectivity index (χ2v) is 15.2. The average Bonchev–Trinajstić information content (AvgIpc) is 3.77. The number of furan rings is 1. The molecule has 0 saturated carbocycles. The lowest BCUT2D eigenvalue weighted by atomic mass is 9.88. The van der Waals surface area contributed by atoms with Gasteiger partial charge in [0.15, 0.2) is 11.0 Å². The van der Waals surface area contributed by atoms with Gasteiger partial charge < -0.3 is 9.15 Å². The molecule has 5 aromatic carbocycles. The summed E-state index contributed by atoms with van der Waals surface area (Å²) in [5.74, 6) is 2.38. The maximum atomic E-state index is 6.67. The molecule has 9 rings (SSSR count). The van der Waals surface area contributed by atoms with E-state index in [4.69, 9.17) is 14.1 Å². The summed E-state index contributed by atoms with van der Waals surface area (Å²) in [5.41, 5.74) is 8.31. The Morgan fingerprint density at radius 2 is 1.44 bits per heavy atom. The third kappa shape index (κ3) is 4.78. The number of para-hydroxylation sites is 3. The molecule has 9 aromatic rings. The number of aromatic nitrogens is 4. The van der Waals surface area contributed by atoms with Crippen molar-refractivity contribution in [2.24, 2.45) is 0 Å². The van der Waals surface area contributed by atoms with Gasteiger partial charge in [-0.2, -0.15) is 4.57 Å². The Morgan fingerprint density at radius 1 is 0.660 bits per heavy atom. The molecule has 4 heterocycles. The van der Waals surface area contributed by atoms with Gasteiger partial charge in [-0.1, -0.05) is 57.2 Å². The molecule has 0 aliphatic carbocycles. The Labute approximate surface area is 290 Å². The van der Waals surface area contributed by atoms with Crippen molar-refractivity contribution in [3.63, 3.8) is 0 Å². The summed E-state index contributed by atoms with van der Waals surface area (Å²) < 4.78 is 19.9. The van der Waals surface area contributed by atoms with E-state index in [9.17, 15) is 0 Å². The first-order chi connectivity index (χ1) is 24.0. The van der Waals surface area contributed by atoms with Crippen molar-refractivity contribution < 1.29 is 13.7 Å². The highest BCUT2D eigenvalue weighted by molar-refractivity contribution is 6.24. The highest BCUT2D eigenvalue weighted by Crippen LogP contribution is 2.42. The van der Waals surface area contributed by atoms with Crippen molar-refractivity contribution in [2.45, 2.75) is 52.5 Å². The van der Waals surface area contributed by atoms with Crippen LogP contribution < -0.4 is 9.30 Å². The molecule has 6 nitrogen and oxygen atoms in total. The van der Waals surface area contributed by atoms with Crippen molar-refractivity contribution in [3.8, 4) is 23.0 Å². The van der Waals surface area contributed by atoms with E-state index in [2.05, 4.69) is 159 Å². The summed E-state index contributed by atoms with van der Waals surface area (Å²) in [6, 6.07) is 40.0. The van der Waals surface area contributed by atoms with Crippen LogP contribution in [-0.2, 0) is 11.0 Å². The van der Waals surface area contributed by atoms with Crippen LogP contribution in [0.3, 0.4) is 0 Å². The highest BCUT2D eigenvalue weighted by atomic mass is 16.5. The van der Waals surface area contributed by atoms with Crippen LogP contribution in [0.25, 0.3) is 66.3 Å². The van der Waals surface area contributed by atoms with Gasteiger partial charge >= 0.3 is 0 Å². The molecule has 0 aliphatic heterocycles. The summed E-state index contributed by atoms with van der Waals surface area (Å²) in [6.07, 6.45) is 4.11. The van der Waals surface area contributed by atoms with Crippen molar-refractivity contribution >= 4 is 54.8 Å². The molecule has 0 saturated heterocycles. The van der Waals surface area contributed by atoms with Crippen LogP contribution in [0.15, 0.2) is 132 Å². The van der Waals surface area contributed by atoms with E-state index in [1.165, 1.54) is 11.1 Å². The van der Waals surface area contributed by atoms with E-state index in [0.29, 0.717) is 0 Å². The Morgan fingerprint density at radius 3 is 2.28 bits per heavy atom. The van der Waals surface area contributed by atoms with Crippen molar-refractivity contribution in [1.82, 2.24) is 14.1 Å². The Bertz CT molecular complexity index is 2770. The molecule has 50 heavy (non-hydrogen) atoms. The molecule has 0 atom stereocenters. The summed E-state index contributed by atoms with van der Waals surface area (Å²) in [4.78, 5) is 4.96. The number of hydrogen-bond donors (Lipinski definition) is 0. The van der Waals surface area contributed by atoms with Crippen LogP contribution in [0, 0.1) is 0 Å². The lowest BCUT2D eigenvalue weighted by Crippen LogP contribution is -2.49. The zero-order valence-corrected chi connectivity index (χ0v) is 29.2. The van der Waals surface area contributed by atoms with Gasteiger partial charge in [0.25, 0.3) is 0 Å². The van der Waals surface area contributed by atoms with Gasteiger partial charge in [-0.15, -0.1) is 0 Å². The summed E-state index contributed by atoms with van der Waals surface area (Å²) in [6.45, 7) is 13.4. The monoisotopic (exact) mass is 655 g/mol. The predicted octanol–water partition coefficient (Wildman–Crippen LogP) is 11.2. The quantitative estimate of drug-likeness (QED) is 0.177. The fourth-order valence-corrected chi connectivity index (χ4v) is 7.29. The molecule has 0 N–H and O–H groups in total. The molecular formula is C44H39N4O2+. The van der Waals surface area contributed by atoms with Crippen LogP contribution in [0.1, 0.15) is 47.1 Å². The van der Waals surface area contributed by atoms with Gasteiger partial charge in [0.1, 0.15) is 39.7 Å². The molecule has 246 valence electrons. The fraction of sp³-hybridized carbons (Fsp3) is 0.182. The van der Waals surface area contributed by atoms with E-state index in [1.54, 1.807) is 0 Å². The number of pyridine rings is 1. The largest absolute Gasteiger partial charge is 0.457 e. The predicted molar refractivity (Wildman–Crippen MR) is 203 cm³/mol. The van der Waals surface area contributed by atoms with Crippen molar-refractivity contribution in [2.75, 3.05) is 0 Å². The van der Waals surface area contributed by atoms with Gasteiger partial charge in [0, 0.05) is 34.5 Å². The van der Waals surface area contributed by atoms with Crippen LogP contribution in [0.4, 0.5) is 0 Å². The summed E-state index contributed by atoms with van der Waals surface area (Å²) >= 11 is 0.